The SMILES string of the molecule is CCOc1nc(C(C)(C)C)ncc1C1=NC(C)(c2ccc(Cl)cc2)C(C)(c2ccc(Cl)cc2)N1C(=O)N1CCN(C(C)=O)CC1. The van der Waals surface area contributed by atoms with Gasteiger partial charge in [0.1, 0.15) is 22.7 Å². The molecule has 45 heavy (non-hydrogen) atoms. The van der Waals surface area contributed by atoms with Crippen LogP contribution in [0.2, 0.25) is 10.0 Å². The van der Waals surface area contributed by atoms with Crippen molar-refractivity contribution in [2.75, 3.05) is 32.8 Å². The molecule has 3 aromatic rings. The third-order valence-electron chi connectivity index (χ3n) is 8.88. The topological polar surface area (TPSA) is 91.2 Å². The van der Waals surface area contributed by atoms with Crippen molar-refractivity contribution in [1.29, 1.82) is 0 Å². The highest BCUT2D eigenvalue weighted by atomic mass is 35.5. The number of amidine groups is 1. The lowest BCUT2D eigenvalue weighted by Gasteiger charge is -2.47. The average Bonchev–Trinajstić information content (AvgIpc) is 3.25. The number of carbonyl (C=O) groups is 2. The molecule has 2 aromatic carbocycles. The standard InChI is InChI=1S/C34H40Cl2N6O3/c1-8-45-29-27(21-37-30(38-29)32(3,4)5)28-39-33(6,23-9-13-25(35)14-10-23)34(7,24-11-15-26(36)16-12-24)42(28)31(44)41-19-17-40(18-20-41)22(2)43/h9-16,21H,8,17-20H2,1-7H3. The molecular weight excluding hydrogens is 611 g/mol. The van der Waals surface area contributed by atoms with Crippen molar-refractivity contribution < 1.29 is 14.3 Å². The molecule has 2 atom stereocenters. The number of hydrogen-bond donors (Lipinski definition) is 0. The Labute approximate surface area is 275 Å². The van der Waals surface area contributed by atoms with E-state index in [0.29, 0.717) is 65.9 Å². The summed E-state index contributed by atoms with van der Waals surface area (Å²) in [6.07, 6.45) is 1.71. The Morgan fingerprint density at radius 2 is 1.42 bits per heavy atom. The molecule has 9 nitrogen and oxygen atoms in total. The number of ether oxygens (including phenoxy) is 1. The van der Waals surface area contributed by atoms with E-state index in [9.17, 15) is 9.59 Å². The minimum atomic E-state index is -1.05. The summed E-state index contributed by atoms with van der Waals surface area (Å²) in [6.45, 7) is 15.6. The second-order valence-corrected chi connectivity index (χ2v) is 13.7. The van der Waals surface area contributed by atoms with Crippen molar-refractivity contribution in [1.82, 2.24) is 24.7 Å². The number of rotatable bonds is 5. The third kappa shape index (κ3) is 5.88. The molecule has 238 valence electrons. The third-order valence-corrected chi connectivity index (χ3v) is 9.39. The number of amides is 3. The van der Waals surface area contributed by atoms with E-state index in [-0.39, 0.29) is 17.4 Å². The summed E-state index contributed by atoms with van der Waals surface area (Å²) in [6, 6.07) is 14.8. The Hall–Kier alpha value is -3.69. The first kappa shape index (κ1) is 32.7. The van der Waals surface area contributed by atoms with E-state index < -0.39 is 11.1 Å². The van der Waals surface area contributed by atoms with Crippen LogP contribution in [-0.4, -0.2) is 75.2 Å². The average molecular weight is 652 g/mol. The fraction of sp³-hybridized carbons (Fsp3) is 0.441. The van der Waals surface area contributed by atoms with Gasteiger partial charge in [-0.15, -0.1) is 0 Å². The molecule has 1 saturated heterocycles. The second kappa shape index (κ2) is 12.2. The van der Waals surface area contributed by atoms with E-state index in [0.717, 1.165) is 11.1 Å². The van der Waals surface area contributed by atoms with Crippen LogP contribution < -0.4 is 4.74 Å². The van der Waals surface area contributed by atoms with Gasteiger partial charge in [0.2, 0.25) is 11.8 Å². The smallest absolute Gasteiger partial charge is 0.326 e. The maximum Gasteiger partial charge on any atom is 0.326 e. The lowest BCUT2D eigenvalue weighted by Crippen LogP contribution is -2.61. The number of carbonyl (C=O) groups excluding carboxylic acids is 2. The van der Waals surface area contributed by atoms with Crippen molar-refractivity contribution in [2.45, 2.75) is 65.0 Å². The van der Waals surface area contributed by atoms with Crippen LogP contribution in [0.4, 0.5) is 4.79 Å². The molecule has 3 amide bonds. The highest BCUT2D eigenvalue weighted by Gasteiger charge is 2.60. The quantitative estimate of drug-likeness (QED) is 0.308. The summed E-state index contributed by atoms with van der Waals surface area (Å²) in [5.74, 6) is 1.36. The van der Waals surface area contributed by atoms with E-state index >= 15 is 0 Å². The first-order valence-corrected chi connectivity index (χ1v) is 15.9. The van der Waals surface area contributed by atoms with Crippen molar-refractivity contribution in [3.63, 3.8) is 0 Å². The lowest BCUT2D eigenvalue weighted by molar-refractivity contribution is -0.130. The van der Waals surface area contributed by atoms with Crippen molar-refractivity contribution in [3.05, 3.63) is 87.3 Å². The predicted molar refractivity (Wildman–Crippen MR) is 177 cm³/mol. The molecule has 0 spiro atoms. The fourth-order valence-corrected chi connectivity index (χ4v) is 6.30. The summed E-state index contributed by atoms with van der Waals surface area (Å²) in [5.41, 5.74) is -0.166. The van der Waals surface area contributed by atoms with Crippen LogP contribution in [0.3, 0.4) is 0 Å². The highest BCUT2D eigenvalue weighted by molar-refractivity contribution is 6.30. The van der Waals surface area contributed by atoms with E-state index in [1.54, 1.807) is 27.8 Å². The van der Waals surface area contributed by atoms with E-state index in [1.165, 1.54) is 0 Å². The van der Waals surface area contributed by atoms with E-state index in [4.69, 9.17) is 42.9 Å². The van der Waals surface area contributed by atoms with Crippen LogP contribution in [0.15, 0.2) is 59.7 Å². The van der Waals surface area contributed by atoms with Crippen LogP contribution in [0.25, 0.3) is 0 Å². The summed E-state index contributed by atoms with van der Waals surface area (Å²) >= 11 is 12.7. The van der Waals surface area contributed by atoms with Crippen LogP contribution in [0.5, 0.6) is 5.88 Å². The molecule has 2 aliphatic rings. The Balaban J connectivity index is 1.76. The molecule has 3 heterocycles. The number of urea groups is 1. The number of benzene rings is 2. The molecule has 0 bridgehead atoms. The zero-order valence-electron chi connectivity index (χ0n) is 26.9. The van der Waals surface area contributed by atoms with Gasteiger partial charge < -0.3 is 14.5 Å². The van der Waals surface area contributed by atoms with Gasteiger partial charge in [-0.3, -0.25) is 14.7 Å². The molecule has 0 saturated carbocycles. The highest BCUT2D eigenvalue weighted by Crippen LogP contribution is 2.54. The Morgan fingerprint density at radius 1 is 0.889 bits per heavy atom. The van der Waals surface area contributed by atoms with Gasteiger partial charge in [-0.25, -0.2) is 9.78 Å². The molecule has 1 fully saturated rings. The van der Waals surface area contributed by atoms with Crippen LogP contribution >= 0.6 is 23.2 Å². The maximum atomic E-state index is 14.9. The second-order valence-electron chi connectivity index (χ2n) is 12.8. The first-order valence-electron chi connectivity index (χ1n) is 15.2. The van der Waals surface area contributed by atoms with Gasteiger partial charge in [0, 0.05) is 54.8 Å². The monoisotopic (exact) mass is 650 g/mol. The molecule has 2 aliphatic heterocycles. The fourth-order valence-electron chi connectivity index (χ4n) is 6.05. The molecule has 0 N–H and O–H groups in total. The van der Waals surface area contributed by atoms with Crippen molar-refractivity contribution in [2.24, 2.45) is 4.99 Å². The molecule has 5 rings (SSSR count). The zero-order valence-corrected chi connectivity index (χ0v) is 28.4. The van der Waals surface area contributed by atoms with Gasteiger partial charge in [0.15, 0.2) is 0 Å². The van der Waals surface area contributed by atoms with Gasteiger partial charge in [-0.05, 0) is 56.2 Å². The van der Waals surface area contributed by atoms with Crippen LogP contribution in [0, 0.1) is 0 Å². The normalized spacial score (nSPS) is 22.0. The molecule has 2 unspecified atom stereocenters. The van der Waals surface area contributed by atoms with Gasteiger partial charge >= 0.3 is 6.03 Å². The molecule has 0 aliphatic carbocycles. The number of piperazine rings is 1. The van der Waals surface area contributed by atoms with Crippen molar-refractivity contribution in [3.8, 4) is 5.88 Å². The minimum Gasteiger partial charge on any atom is -0.477 e. The van der Waals surface area contributed by atoms with Gasteiger partial charge in [0.25, 0.3) is 0 Å². The van der Waals surface area contributed by atoms with Crippen LogP contribution in [0.1, 0.15) is 71.0 Å². The minimum absolute atomic E-state index is 0.00992. The summed E-state index contributed by atoms with van der Waals surface area (Å²) in [5, 5.41) is 1.18. The maximum absolute atomic E-state index is 14.9. The molecule has 0 radical (unpaired) electrons. The number of halogens is 2. The Bertz CT molecular complexity index is 1610. The van der Waals surface area contributed by atoms with Crippen molar-refractivity contribution >= 4 is 41.0 Å². The molecule has 11 heteroatoms. The van der Waals surface area contributed by atoms with Gasteiger partial charge in [0.05, 0.1) is 12.2 Å². The number of aromatic nitrogens is 2. The van der Waals surface area contributed by atoms with Gasteiger partial charge in [-0.1, -0.05) is 68.2 Å². The number of aliphatic imine (C=N–C) groups is 1. The zero-order chi connectivity index (χ0) is 32.7. The summed E-state index contributed by atoms with van der Waals surface area (Å²) in [7, 11) is 0. The van der Waals surface area contributed by atoms with Gasteiger partial charge in [-0.2, -0.15) is 4.98 Å². The Kier molecular flexibility index (Phi) is 8.90. The largest absolute Gasteiger partial charge is 0.477 e. The molecule has 1 aromatic heterocycles. The Morgan fingerprint density at radius 3 is 1.93 bits per heavy atom. The predicted octanol–water partition coefficient (Wildman–Crippen LogP) is 6.66. The van der Waals surface area contributed by atoms with E-state index in [2.05, 4.69) is 0 Å². The number of hydrogen-bond acceptors (Lipinski definition) is 6. The number of nitrogens with zero attached hydrogens (tertiary/aromatic N) is 6. The molecular formula is C34H40Cl2N6O3. The lowest BCUT2D eigenvalue weighted by atomic mass is 9.71. The summed E-state index contributed by atoms with van der Waals surface area (Å²) < 4.78 is 6.12. The van der Waals surface area contributed by atoms with E-state index in [1.807, 2.05) is 90.1 Å². The summed E-state index contributed by atoms with van der Waals surface area (Å²) in [4.78, 5) is 47.3. The van der Waals surface area contributed by atoms with Crippen LogP contribution in [-0.2, 0) is 21.3 Å². The first-order chi connectivity index (χ1) is 21.2.